The van der Waals surface area contributed by atoms with Crippen LogP contribution in [0.25, 0.3) is 0 Å². The number of ketones is 2. The van der Waals surface area contributed by atoms with Crippen LogP contribution in [0.4, 0.5) is 0 Å². The predicted octanol–water partition coefficient (Wildman–Crippen LogP) is 1.46. The summed E-state index contributed by atoms with van der Waals surface area (Å²) in [6.07, 6.45) is -1.34. The average molecular weight is 1030 g/mol. The predicted molar refractivity (Wildman–Crippen MR) is 265 cm³/mol. The van der Waals surface area contributed by atoms with Gasteiger partial charge >= 0.3 is 23.9 Å². The van der Waals surface area contributed by atoms with Gasteiger partial charge in [-0.1, -0.05) is 89.2 Å². The molecule has 0 aliphatic heterocycles. The van der Waals surface area contributed by atoms with Crippen molar-refractivity contribution < 1.29 is 68.4 Å². The molecule has 0 bridgehead atoms. The highest BCUT2D eigenvalue weighted by molar-refractivity contribution is 8.76. The molecule has 0 aliphatic rings. The van der Waals surface area contributed by atoms with Crippen molar-refractivity contribution in [3.63, 3.8) is 0 Å². The molecule has 0 aromatic heterocycles. The second-order valence-corrected chi connectivity index (χ2v) is 19.2. The summed E-state index contributed by atoms with van der Waals surface area (Å²) in [6.45, 7) is 1.49. The number of aliphatic carboxylic acids is 4. The number of Topliss-reactive ketones (excluding diaryl/α,β-unsaturated/α-hetero) is 2. The molecule has 24 heteroatoms. The number of carboxylic acids is 4. The minimum atomic E-state index is -1.60. The summed E-state index contributed by atoms with van der Waals surface area (Å²) in [4.78, 5) is 126. The maximum atomic E-state index is 14.1. The molecule has 12 N–H and O–H groups in total. The Morgan fingerprint density at radius 1 is 0.600 bits per heavy atom. The maximum Gasteiger partial charge on any atom is 0.326 e. The lowest BCUT2D eigenvalue weighted by Crippen LogP contribution is -2.53. The number of carbonyl (C=O) groups is 10. The highest BCUT2D eigenvalue weighted by Gasteiger charge is 2.32. The van der Waals surface area contributed by atoms with Gasteiger partial charge in [-0.15, -0.1) is 0 Å². The van der Waals surface area contributed by atoms with Gasteiger partial charge in [0, 0.05) is 69.2 Å². The van der Waals surface area contributed by atoms with E-state index in [2.05, 4.69) is 31.9 Å². The summed E-state index contributed by atoms with van der Waals surface area (Å²) < 4.78 is 0. The molecule has 0 heterocycles. The van der Waals surface area contributed by atoms with Gasteiger partial charge < -0.3 is 58.1 Å². The van der Waals surface area contributed by atoms with Crippen LogP contribution in [-0.4, -0.2) is 140 Å². The smallest absolute Gasteiger partial charge is 0.326 e. The van der Waals surface area contributed by atoms with Crippen LogP contribution in [-0.2, 0) is 60.8 Å². The van der Waals surface area contributed by atoms with E-state index >= 15 is 0 Å². The topological polar surface area (TPSA) is 350 Å². The van der Waals surface area contributed by atoms with Crippen LogP contribution in [0.3, 0.4) is 0 Å². The third-order valence-corrected chi connectivity index (χ3v) is 13.2. The molecular weight excluding hydrogens is 971 g/mol. The first-order valence-electron chi connectivity index (χ1n) is 22.5. The van der Waals surface area contributed by atoms with Crippen molar-refractivity contribution in [2.45, 2.75) is 102 Å². The Balaban J connectivity index is 2.11. The van der Waals surface area contributed by atoms with E-state index in [0.29, 0.717) is 11.1 Å². The van der Waals surface area contributed by atoms with E-state index in [9.17, 15) is 63.3 Å². The minimum Gasteiger partial charge on any atom is -0.481 e. The largest absolute Gasteiger partial charge is 0.481 e. The quantitative estimate of drug-likeness (QED) is 0.0261. The summed E-state index contributed by atoms with van der Waals surface area (Å²) in [5, 5.41) is 52.9. The normalized spacial score (nSPS) is 13.4. The monoisotopic (exact) mass is 1030 g/mol. The van der Waals surface area contributed by atoms with Gasteiger partial charge in [-0.25, -0.2) is 4.79 Å². The Morgan fingerprint density at radius 3 is 1.80 bits per heavy atom. The molecule has 4 amide bonds. The highest BCUT2D eigenvalue weighted by Crippen LogP contribution is 2.26. The van der Waals surface area contributed by atoms with E-state index in [4.69, 9.17) is 23.1 Å². The van der Waals surface area contributed by atoms with E-state index < -0.39 is 114 Å². The van der Waals surface area contributed by atoms with Crippen LogP contribution < -0.4 is 37.6 Å². The molecule has 0 aliphatic carbocycles. The second kappa shape index (κ2) is 33.4. The van der Waals surface area contributed by atoms with Crippen molar-refractivity contribution in [1.82, 2.24) is 31.9 Å². The Labute approximate surface area is 418 Å². The van der Waals surface area contributed by atoms with Crippen molar-refractivity contribution in [2.24, 2.45) is 17.6 Å². The summed E-state index contributed by atoms with van der Waals surface area (Å²) in [7, 11) is 2.71. The summed E-state index contributed by atoms with van der Waals surface area (Å²) in [5.41, 5.74) is 7.48. The standard InChI is InChI=1S/C46H63N7O14S3/c1-2-20-69-70-27-31(44(64)65)24-37(55)35(25-41(60)61)52-43(63)32(47)26-50-42(62)30(21-28-10-5-3-6-11-28)23-36(54)34(22-29-12-7-4-8-13-29)51-39(57)17-19-48-38(56)16-15-33(45(66)67)53-46(68)49-18-9-14-40(58)59/h3-8,10-13,30-35H,2,9,14-27,47H2,1H3,(H,48,56)(H,50,62)(H,51,57)(H,52,63)(H,58,59)(H,60,61)(H,64,65)(H,66,67)(H2,49,53,68)/t30-,31-,32+,33+,34+,35+/m1/s1. The van der Waals surface area contributed by atoms with E-state index in [1.54, 1.807) is 60.7 Å². The van der Waals surface area contributed by atoms with Crippen LogP contribution in [0, 0.1) is 11.8 Å². The van der Waals surface area contributed by atoms with Gasteiger partial charge in [-0.2, -0.15) is 0 Å². The van der Waals surface area contributed by atoms with E-state index in [0.717, 1.165) is 12.2 Å². The summed E-state index contributed by atoms with van der Waals surface area (Å²) >= 11 is 5.07. The number of carbonyl (C=O) groups excluding carboxylic acids is 6. The molecule has 2 aromatic carbocycles. The van der Waals surface area contributed by atoms with Gasteiger partial charge in [0.05, 0.1) is 24.4 Å². The fourth-order valence-corrected chi connectivity index (χ4v) is 9.20. The lowest BCUT2D eigenvalue weighted by atomic mass is 9.89. The zero-order valence-electron chi connectivity index (χ0n) is 38.7. The van der Waals surface area contributed by atoms with Crippen molar-refractivity contribution in [1.29, 1.82) is 0 Å². The van der Waals surface area contributed by atoms with Gasteiger partial charge in [-0.3, -0.25) is 43.2 Å². The lowest BCUT2D eigenvalue weighted by Gasteiger charge is -2.23. The van der Waals surface area contributed by atoms with Gasteiger partial charge in [0.25, 0.3) is 0 Å². The van der Waals surface area contributed by atoms with Crippen molar-refractivity contribution in [3.8, 4) is 0 Å². The number of rotatable bonds is 36. The van der Waals surface area contributed by atoms with Gasteiger partial charge in [0.1, 0.15) is 12.1 Å². The molecule has 384 valence electrons. The number of nitrogens with two attached hydrogens (primary N) is 1. The fraction of sp³-hybridized carbons (Fsp3) is 0.500. The molecule has 2 rings (SSSR count). The van der Waals surface area contributed by atoms with Crippen molar-refractivity contribution >= 4 is 98.0 Å². The lowest BCUT2D eigenvalue weighted by molar-refractivity contribution is -0.144. The molecule has 0 saturated carbocycles. The Hall–Kier alpha value is -6.11. The minimum absolute atomic E-state index is 0.0248. The molecular formula is C46H63N7O14S3. The summed E-state index contributed by atoms with van der Waals surface area (Å²) in [6, 6.07) is 12.0. The Morgan fingerprint density at radius 2 is 1.21 bits per heavy atom. The molecule has 0 spiro atoms. The fourth-order valence-electron chi connectivity index (χ4n) is 6.51. The van der Waals surface area contributed by atoms with Crippen LogP contribution in [0.15, 0.2) is 60.7 Å². The number of benzene rings is 2. The zero-order valence-corrected chi connectivity index (χ0v) is 41.2. The molecule has 2 aromatic rings. The molecule has 70 heavy (non-hydrogen) atoms. The van der Waals surface area contributed by atoms with Gasteiger partial charge in [-0.05, 0) is 55.4 Å². The first-order valence-corrected chi connectivity index (χ1v) is 25.4. The molecule has 6 atom stereocenters. The van der Waals surface area contributed by atoms with Gasteiger partial charge in [0.15, 0.2) is 16.7 Å². The van der Waals surface area contributed by atoms with Crippen molar-refractivity contribution in [2.75, 3.05) is 31.1 Å². The van der Waals surface area contributed by atoms with E-state index in [1.807, 2.05) is 6.92 Å². The molecule has 0 unspecified atom stereocenters. The number of thiocarbonyl (C=S) groups is 1. The molecule has 0 fully saturated rings. The third-order valence-electron chi connectivity index (χ3n) is 10.3. The molecule has 0 saturated heterocycles. The van der Waals surface area contributed by atoms with Crippen LogP contribution in [0.1, 0.15) is 75.8 Å². The number of nitrogens with one attached hydrogen (secondary N) is 6. The average Bonchev–Trinajstić information content (AvgIpc) is 3.31. The number of carboxylic acid groups (broad SMARTS) is 4. The summed E-state index contributed by atoms with van der Waals surface area (Å²) in [5.74, 6) is -10.5. The van der Waals surface area contributed by atoms with E-state index in [1.165, 1.54) is 21.6 Å². The molecule has 21 nitrogen and oxygen atoms in total. The second-order valence-electron chi connectivity index (χ2n) is 16.1. The Kier molecular flexibility index (Phi) is 28.7. The number of amides is 4. The molecule has 0 radical (unpaired) electrons. The van der Waals surface area contributed by atoms with Gasteiger partial charge in [0.2, 0.25) is 23.6 Å². The Bertz CT molecular complexity index is 2090. The third kappa shape index (κ3) is 25.5. The van der Waals surface area contributed by atoms with Crippen LogP contribution in [0.2, 0.25) is 0 Å². The maximum absolute atomic E-state index is 14.1. The van der Waals surface area contributed by atoms with Crippen LogP contribution >= 0.6 is 33.8 Å². The highest BCUT2D eigenvalue weighted by atomic mass is 33.1. The van der Waals surface area contributed by atoms with E-state index in [-0.39, 0.29) is 75.3 Å². The number of hydrogen-bond acceptors (Lipinski definition) is 14. The van der Waals surface area contributed by atoms with Crippen LogP contribution in [0.5, 0.6) is 0 Å². The SMILES string of the molecule is CCCSSC[C@@H](CC(=O)[C@H](CC(=O)O)NC(=O)[C@@H](N)CNC(=O)[C@@H](CC(=O)[C@H](Cc1ccccc1)NC(=O)CCNC(=O)CC[C@H](NC(=S)NCCCC(=O)O)C(=O)O)Cc1ccccc1)C(=O)O. The van der Waals surface area contributed by atoms with Crippen molar-refractivity contribution in [3.05, 3.63) is 71.8 Å². The zero-order chi connectivity index (χ0) is 52.0. The first kappa shape index (κ1) is 60.0. The number of hydrogen-bond donors (Lipinski definition) is 11. The first-order chi connectivity index (χ1) is 33.3.